The molecule has 244 valence electrons. The number of nitrogens with one attached hydrogen (secondary N) is 1. The first kappa shape index (κ1) is 31.5. The minimum atomic E-state index is -0.273. The number of hydrogen-bond acceptors (Lipinski definition) is 4. The van der Waals surface area contributed by atoms with Crippen molar-refractivity contribution in [2.75, 3.05) is 37.7 Å². The van der Waals surface area contributed by atoms with Crippen molar-refractivity contribution in [3.63, 3.8) is 0 Å². The van der Waals surface area contributed by atoms with Gasteiger partial charge in [0.1, 0.15) is 11.6 Å². The Hall–Kier alpha value is -5.14. The monoisotopic (exact) mass is 639 g/mol. The predicted octanol–water partition coefficient (Wildman–Crippen LogP) is 7.88. The number of rotatable bonds is 11. The molecule has 48 heavy (non-hydrogen) atoms. The largest absolute Gasteiger partial charge is 0.494 e. The van der Waals surface area contributed by atoms with Crippen LogP contribution in [0.3, 0.4) is 0 Å². The maximum Gasteiger partial charge on any atom is 0.203 e. The van der Waals surface area contributed by atoms with Crippen LogP contribution in [0.15, 0.2) is 121 Å². The zero-order valence-corrected chi connectivity index (χ0v) is 27.5. The van der Waals surface area contributed by atoms with Crippen molar-refractivity contribution < 1.29 is 9.13 Å². The van der Waals surface area contributed by atoms with E-state index in [0.29, 0.717) is 31.1 Å². The molecule has 1 aromatic heterocycles. The number of ether oxygens (including phenoxy) is 1. The Balaban J connectivity index is 0.984. The highest BCUT2D eigenvalue weighted by Gasteiger charge is 2.19. The number of halogens is 1. The van der Waals surface area contributed by atoms with Crippen LogP contribution in [0.1, 0.15) is 23.1 Å². The standard InChI is InChI=1S/C41H42FN5O/c1-31-12-21-39-40(28-31)47(41(43)46(39)22-7-27-48-37-19-15-35(42)16-20-37)29-32-13-17-36(18-14-32)45-25-23-44(24-26-45)30-34-10-5-6-11-38(34)33-8-3-2-4-9-33/h2-6,8-21,28,43H,7,22-27,29-30H2,1H3. The first-order valence-corrected chi connectivity index (χ1v) is 16.8. The van der Waals surface area contributed by atoms with Gasteiger partial charge in [-0.05, 0) is 89.7 Å². The minimum absolute atomic E-state index is 0.273. The zero-order chi connectivity index (χ0) is 32.9. The molecule has 0 unspecified atom stereocenters. The predicted molar refractivity (Wildman–Crippen MR) is 192 cm³/mol. The second-order valence-electron chi connectivity index (χ2n) is 12.7. The van der Waals surface area contributed by atoms with Gasteiger partial charge in [-0.2, -0.15) is 0 Å². The van der Waals surface area contributed by atoms with Crippen LogP contribution in [0.2, 0.25) is 0 Å². The highest BCUT2D eigenvalue weighted by atomic mass is 19.1. The molecule has 0 aliphatic carbocycles. The van der Waals surface area contributed by atoms with Gasteiger partial charge in [0.2, 0.25) is 5.62 Å². The molecule has 0 bridgehead atoms. The molecule has 0 atom stereocenters. The number of piperazine rings is 1. The molecular weight excluding hydrogens is 597 g/mol. The van der Waals surface area contributed by atoms with Crippen LogP contribution < -0.4 is 15.3 Å². The first-order valence-electron chi connectivity index (χ1n) is 16.8. The Morgan fingerprint density at radius 3 is 2.21 bits per heavy atom. The number of aryl methyl sites for hydroxylation is 2. The lowest BCUT2D eigenvalue weighted by molar-refractivity contribution is 0.250. The van der Waals surface area contributed by atoms with Crippen molar-refractivity contribution in [3.8, 4) is 16.9 Å². The SMILES string of the molecule is Cc1ccc2c(c1)n(Cc1ccc(N3CCN(Cc4ccccc4-c4ccccc4)CC3)cc1)c(=N)n2CCCOc1ccc(F)cc1. The average Bonchev–Trinajstić information content (AvgIpc) is 3.37. The van der Waals surface area contributed by atoms with Crippen molar-refractivity contribution in [2.24, 2.45) is 0 Å². The third-order valence-corrected chi connectivity index (χ3v) is 9.34. The van der Waals surface area contributed by atoms with E-state index >= 15 is 0 Å². The molecule has 1 aliphatic rings. The molecule has 0 radical (unpaired) electrons. The van der Waals surface area contributed by atoms with E-state index in [1.54, 1.807) is 12.1 Å². The lowest BCUT2D eigenvalue weighted by atomic mass is 9.99. The van der Waals surface area contributed by atoms with Crippen molar-refractivity contribution in [1.29, 1.82) is 5.41 Å². The number of aromatic nitrogens is 2. The van der Waals surface area contributed by atoms with Gasteiger partial charge >= 0.3 is 0 Å². The second kappa shape index (κ2) is 14.3. The second-order valence-corrected chi connectivity index (χ2v) is 12.7. The lowest BCUT2D eigenvalue weighted by Crippen LogP contribution is -2.46. The third kappa shape index (κ3) is 7.06. The summed E-state index contributed by atoms with van der Waals surface area (Å²) >= 11 is 0. The van der Waals surface area contributed by atoms with Gasteiger partial charge in [-0.25, -0.2) is 4.39 Å². The molecule has 0 amide bonds. The van der Waals surface area contributed by atoms with Crippen molar-refractivity contribution in [2.45, 2.75) is 33.0 Å². The van der Waals surface area contributed by atoms with E-state index in [1.165, 1.54) is 45.6 Å². The van der Waals surface area contributed by atoms with E-state index in [0.717, 1.165) is 50.2 Å². The summed E-state index contributed by atoms with van der Waals surface area (Å²) < 4.78 is 23.2. The summed E-state index contributed by atoms with van der Waals surface area (Å²) in [4.78, 5) is 5.04. The van der Waals surface area contributed by atoms with Crippen LogP contribution in [-0.2, 0) is 19.6 Å². The average molecular weight is 640 g/mol. The molecule has 1 N–H and O–H groups in total. The number of benzene rings is 5. The number of nitrogens with zero attached hydrogens (tertiary/aromatic N) is 4. The molecule has 7 heteroatoms. The molecule has 6 nitrogen and oxygen atoms in total. The van der Waals surface area contributed by atoms with Crippen molar-refractivity contribution in [3.05, 3.63) is 149 Å². The van der Waals surface area contributed by atoms with Crippen LogP contribution in [-0.4, -0.2) is 46.8 Å². The van der Waals surface area contributed by atoms with E-state index in [1.807, 2.05) is 0 Å². The summed E-state index contributed by atoms with van der Waals surface area (Å²) in [5.74, 6) is 0.380. The van der Waals surface area contributed by atoms with Gasteiger partial charge in [-0.1, -0.05) is 72.8 Å². The Kier molecular flexibility index (Phi) is 9.39. The Morgan fingerprint density at radius 1 is 0.708 bits per heavy atom. The van der Waals surface area contributed by atoms with Gasteiger partial charge in [0.25, 0.3) is 0 Å². The van der Waals surface area contributed by atoms with E-state index in [-0.39, 0.29) is 5.82 Å². The fourth-order valence-electron chi connectivity index (χ4n) is 6.74. The Bertz CT molecular complexity index is 2020. The Labute approximate surface area is 281 Å². The summed E-state index contributed by atoms with van der Waals surface area (Å²) in [7, 11) is 0. The number of imidazole rings is 1. The van der Waals surface area contributed by atoms with Gasteiger partial charge in [-0.3, -0.25) is 10.3 Å². The Morgan fingerprint density at radius 2 is 1.44 bits per heavy atom. The van der Waals surface area contributed by atoms with E-state index in [4.69, 9.17) is 10.1 Å². The summed E-state index contributed by atoms with van der Waals surface area (Å²) in [6, 6.07) is 40.8. The fraction of sp³-hybridized carbons (Fsp3) is 0.244. The molecule has 5 aromatic carbocycles. The molecule has 0 saturated carbocycles. The summed E-state index contributed by atoms with van der Waals surface area (Å²) in [6.07, 6.45) is 0.739. The van der Waals surface area contributed by atoms with Crippen LogP contribution in [0.4, 0.5) is 10.1 Å². The van der Waals surface area contributed by atoms with Crippen LogP contribution >= 0.6 is 0 Å². The summed E-state index contributed by atoms with van der Waals surface area (Å²) in [5, 5.41) is 9.11. The van der Waals surface area contributed by atoms with Crippen LogP contribution in [0.5, 0.6) is 5.75 Å². The van der Waals surface area contributed by atoms with Crippen LogP contribution in [0, 0.1) is 18.2 Å². The van der Waals surface area contributed by atoms with E-state index in [2.05, 4.69) is 123 Å². The zero-order valence-electron chi connectivity index (χ0n) is 27.5. The summed E-state index contributed by atoms with van der Waals surface area (Å²) in [5.41, 5.74) is 10.2. The number of fused-ring (bicyclic) bond motifs is 1. The van der Waals surface area contributed by atoms with Gasteiger partial charge in [0.05, 0.1) is 24.2 Å². The van der Waals surface area contributed by atoms with E-state index in [9.17, 15) is 4.39 Å². The molecular formula is C41H42FN5O. The third-order valence-electron chi connectivity index (χ3n) is 9.34. The van der Waals surface area contributed by atoms with Gasteiger partial charge in [-0.15, -0.1) is 0 Å². The fourth-order valence-corrected chi connectivity index (χ4v) is 6.74. The normalized spacial score (nSPS) is 13.7. The lowest BCUT2D eigenvalue weighted by Gasteiger charge is -2.36. The number of hydrogen-bond donors (Lipinski definition) is 1. The molecule has 1 fully saturated rings. The van der Waals surface area contributed by atoms with Gasteiger partial charge in [0, 0.05) is 45.0 Å². The maximum atomic E-state index is 13.2. The van der Waals surface area contributed by atoms with Crippen molar-refractivity contribution in [1.82, 2.24) is 14.0 Å². The number of anilines is 1. The van der Waals surface area contributed by atoms with Crippen molar-refractivity contribution >= 4 is 16.7 Å². The highest BCUT2D eigenvalue weighted by molar-refractivity contribution is 5.77. The molecule has 1 saturated heterocycles. The molecule has 1 aliphatic heterocycles. The molecule has 2 heterocycles. The maximum absolute atomic E-state index is 13.2. The summed E-state index contributed by atoms with van der Waals surface area (Å²) in [6.45, 7) is 8.88. The minimum Gasteiger partial charge on any atom is -0.494 e. The van der Waals surface area contributed by atoms with Gasteiger partial charge in [0.15, 0.2) is 0 Å². The molecule has 6 aromatic rings. The smallest absolute Gasteiger partial charge is 0.203 e. The topological polar surface area (TPSA) is 49.4 Å². The van der Waals surface area contributed by atoms with E-state index < -0.39 is 0 Å². The quantitative estimate of drug-likeness (QED) is 0.147. The van der Waals surface area contributed by atoms with Crippen LogP contribution in [0.25, 0.3) is 22.2 Å². The van der Waals surface area contributed by atoms with Gasteiger partial charge < -0.3 is 18.8 Å². The first-order chi connectivity index (χ1) is 23.5. The molecule has 7 rings (SSSR count). The molecule has 0 spiro atoms. The highest BCUT2D eigenvalue weighted by Crippen LogP contribution is 2.26.